The van der Waals surface area contributed by atoms with Gasteiger partial charge in [-0.05, 0) is 51.4 Å². The SMILES string of the molecule is CC(C)CCCC(C)(CCCCC(C)(CCCC(C)C)N=C=O)N=C=O. The fourth-order valence-electron chi connectivity index (χ4n) is 3.49. The molecular weight excluding hydrogens is 324 g/mol. The lowest BCUT2D eigenvalue weighted by Crippen LogP contribution is -2.24. The monoisotopic (exact) mass is 364 g/mol. The van der Waals surface area contributed by atoms with Gasteiger partial charge < -0.3 is 0 Å². The Morgan fingerprint density at radius 3 is 1.23 bits per heavy atom. The second kappa shape index (κ2) is 13.0. The Hall–Kier alpha value is -1.24. The number of unbranched alkanes of at least 4 members (excludes halogenated alkanes) is 1. The summed E-state index contributed by atoms with van der Waals surface area (Å²) in [6.07, 6.45) is 13.6. The van der Waals surface area contributed by atoms with E-state index in [0.29, 0.717) is 11.8 Å². The fourth-order valence-corrected chi connectivity index (χ4v) is 3.49. The molecule has 0 aliphatic carbocycles. The molecule has 0 fully saturated rings. The molecule has 26 heavy (non-hydrogen) atoms. The number of isocyanates is 2. The molecule has 0 saturated carbocycles. The topological polar surface area (TPSA) is 58.9 Å². The van der Waals surface area contributed by atoms with Crippen LogP contribution in [0.15, 0.2) is 9.98 Å². The Kier molecular flexibility index (Phi) is 12.4. The third-order valence-electron chi connectivity index (χ3n) is 5.31. The van der Waals surface area contributed by atoms with E-state index in [0.717, 1.165) is 64.2 Å². The Morgan fingerprint density at radius 1 is 0.654 bits per heavy atom. The Bertz CT molecular complexity index is 433. The zero-order valence-electron chi connectivity index (χ0n) is 17.9. The van der Waals surface area contributed by atoms with E-state index in [1.165, 1.54) is 0 Å². The van der Waals surface area contributed by atoms with Crippen LogP contribution in [0, 0.1) is 11.8 Å². The van der Waals surface area contributed by atoms with Crippen LogP contribution in [-0.4, -0.2) is 23.2 Å². The van der Waals surface area contributed by atoms with Crippen LogP contribution in [0.2, 0.25) is 0 Å². The maximum atomic E-state index is 10.8. The maximum absolute atomic E-state index is 10.8. The molecule has 0 radical (unpaired) electrons. The van der Waals surface area contributed by atoms with Gasteiger partial charge in [0.05, 0.1) is 11.1 Å². The lowest BCUT2D eigenvalue weighted by Gasteiger charge is -2.26. The first-order valence-corrected chi connectivity index (χ1v) is 10.3. The van der Waals surface area contributed by atoms with Crippen LogP contribution in [0.1, 0.15) is 106 Å². The fraction of sp³-hybridized carbons (Fsp3) is 0.909. The van der Waals surface area contributed by atoms with Gasteiger partial charge in [-0.3, -0.25) is 0 Å². The van der Waals surface area contributed by atoms with Gasteiger partial charge in [0.15, 0.2) is 0 Å². The van der Waals surface area contributed by atoms with Gasteiger partial charge in [0, 0.05) is 0 Å². The highest BCUT2D eigenvalue weighted by atomic mass is 16.1. The first-order chi connectivity index (χ1) is 12.2. The molecule has 4 nitrogen and oxygen atoms in total. The van der Waals surface area contributed by atoms with Crippen molar-refractivity contribution in [2.75, 3.05) is 0 Å². The van der Waals surface area contributed by atoms with Crippen molar-refractivity contribution in [3.8, 4) is 0 Å². The van der Waals surface area contributed by atoms with Crippen molar-refractivity contribution in [2.45, 2.75) is 117 Å². The third-order valence-corrected chi connectivity index (χ3v) is 5.31. The number of rotatable bonds is 15. The van der Waals surface area contributed by atoms with Crippen LogP contribution in [0.25, 0.3) is 0 Å². The summed E-state index contributed by atoms with van der Waals surface area (Å²) in [4.78, 5) is 29.8. The van der Waals surface area contributed by atoms with Crippen LogP contribution < -0.4 is 0 Å². The van der Waals surface area contributed by atoms with Gasteiger partial charge in [0.2, 0.25) is 12.2 Å². The van der Waals surface area contributed by atoms with Crippen LogP contribution in [0.5, 0.6) is 0 Å². The average Bonchev–Trinajstić information content (AvgIpc) is 2.51. The van der Waals surface area contributed by atoms with Gasteiger partial charge in [-0.25, -0.2) is 9.59 Å². The molecule has 0 aromatic rings. The summed E-state index contributed by atoms with van der Waals surface area (Å²) >= 11 is 0. The number of nitrogens with zero attached hydrogens (tertiary/aromatic N) is 2. The number of hydrogen-bond acceptors (Lipinski definition) is 4. The van der Waals surface area contributed by atoms with Gasteiger partial charge in [0.1, 0.15) is 0 Å². The van der Waals surface area contributed by atoms with Crippen LogP contribution in [-0.2, 0) is 9.59 Å². The summed E-state index contributed by atoms with van der Waals surface area (Å²) in [5.41, 5.74) is -0.614. The van der Waals surface area contributed by atoms with E-state index in [4.69, 9.17) is 0 Å². The summed E-state index contributed by atoms with van der Waals surface area (Å²) in [5, 5.41) is 0. The predicted octanol–water partition coefficient (Wildman–Crippen LogP) is 6.39. The van der Waals surface area contributed by atoms with E-state index in [-0.39, 0.29) is 11.1 Å². The molecule has 0 aliphatic rings. The zero-order chi connectivity index (χ0) is 20.1. The highest BCUT2D eigenvalue weighted by Gasteiger charge is 2.25. The minimum atomic E-state index is -0.307. The first kappa shape index (κ1) is 24.8. The molecule has 0 aromatic heterocycles. The molecular formula is C22H40N2O2. The van der Waals surface area contributed by atoms with Crippen molar-refractivity contribution in [1.29, 1.82) is 0 Å². The van der Waals surface area contributed by atoms with Crippen LogP contribution in [0.3, 0.4) is 0 Å². The molecule has 0 spiro atoms. The van der Waals surface area contributed by atoms with Crippen LogP contribution >= 0.6 is 0 Å². The highest BCUT2D eigenvalue weighted by molar-refractivity contribution is 5.35. The standard InChI is InChI=1S/C22H40N2O2/c1-19(2)11-9-15-21(5,23-17-25)13-7-8-14-22(6,24-18-26)16-10-12-20(3)4/h19-20H,7-16H2,1-6H3. The lowest BCUT2D eigenvalue weighted by molar-refractivity contribution is 0.328. The van der Waals surface area contributed by atoms with Gasteiger partial charge in [0.25, 0.3) is 0 Å². The van der Waals surface area contributed by atoms with Crippen molar-refractivity contribution in [3.05, 3.63) is 0 Å². The molecule has 2 unspecified atom stereocenters. The largest absolute Gasteiger partial charge is 0.235 e. The molecule has 0 heterocycles. The van der Waals surface area contributed by atoms with Crippen molar-refractivity contribution < 1.29 is 9.59 Å². The first-order valence-electron chi connectivity index (χ1n) is 10.3. The lowest BCUT2D eigenvalue weighted by atomic mass is 9.85. The summed E-state index contributed by atoms with van der Waals surface area (Å²) in [7, 11) is 0. The predicted molar refractivity (Wildman–Crippen MR) is 109 cm³/mol. The maximum Gasteiger partial charge on any atom is 0.235 e. The number of aliphatic imine (C=N–C) groups is 2. The molecule has 0 saturated heterocycles. The Morgan fingerprint density at radius 2 is 0.962 bits per heavy atom. The summed E-state index contributed by atoms with van der Waals surface area (Å²) < 4.78 is 0. The van der Waals surface area contributed by atoms with Gasteiger partial charge in [-0.1, -0.05) is 66.2 Å². The molecule has 150 valence electrons. The minimum absolute atomic E-state index is 0.307. The van der Waals surface area contributed by atoms with Gasteiger partial charge >= 0.3 is 0 Å². The molecule has 0 amide bonds. The molecule has 0 rings (SSSR count). The van der Waals surface area contributed by atoms with E-state index in [1.807, 2.05) is 0 Å². The van der Waals surface area contributed by atoms with E-state index < -0.39 is 0 Å². The molecule has 0 N–H and O–H groups in total. The smallest absolute Gasteiger partial charge is 0.211 e. The van der Waals surface area contributed by atoms with Crippen molar-refractivity contribution in [3.63, 3.8) is 0 Å². The summed E-state index contributed by atoms with van der Waals surface area (Å²) in [5.74, 6) is 1.35. The van der Waals surface area contributed by atoms with Crippen molar-refractivity contribution in [2.24, 2.45) is 21.8 Å². The molecule has 0 bridgehead atoms. The third kappa shape index (κ3) is 12.2. The average molecular weight is 365 g/mol. The number of carbonyl (C=O) groups excluding carboxylic acids is 2. The normalized spacial score (nSPS) is 15.8. The summed E-state index contributed by atoms with van der Waals surface area (Å²) in [6.45, 7) is 13.0. The van der Waals surface area contributed by atoms with E-state index in [1.54, 1.807) is 12.2 Å². The van der Waals surface area contributed by atoms with E-state index in [9.17, 15) is 9.59 Å². The quantitative estimate of drug-likeness (QED) is 0.192. The van der Waals surface area contributed by atoms with Crippen LogP contribution in [0.4, 0.5) is 0 Å². The van der Waals surface area contributed by atoms with Gasteiger partial charge in [-0.2, -0.15) is 9.98 Å². The molecule has 4 heteroatoms. The Balaban J connectivity index is 4.48. The molecule has 2 atom stereocenters. The van der Waals surface area contributed by atoms with E-state index >= 15 is 0 Å². The highest BCUT2D eigenvalue weighted by Crippen LogP contribution is 2.30. The van der Waals surface area contributed by atoms with Crippen molar-refractivity contribution >= 4 is 12.2 Å². The summed E-state index contributed by atoms with van der Waals surface area (Å²) in [6, 6.07) is 0. The Labute approximate surface area is 161 Å². The second-order valence-corrected chi connectivity index (χ2v) is 9.18. The molecule has 0 aromatic carbocycles. The minimum Gasteiger partial charge on any atom is -0.211 e. The zero-order valence-corrected chi connectivity index (χ0v) is 17.9. The van der Waals surface area contributed by atoms with E-state index in [2.05, 4.69) is 51.5 Å². The van der Waals surface area contributed by atoms with Gasteiger partial charge in [-0.15, -0.1) is 0 Å². The second-order valence-electron chi connectivity index (χ2n) is 9.18. The number of hydrogen-bond donors (Lipinski definition) is 0. The molecule has 0 aliphatic heterocycles. The van der Waals surface area contributed by atoms with Crippen molar-refractivity contribution in [1.82, 2.24) is 0 Å².